The Morgan fingerprint density at radius 3 is 2.61 bits per heavy atom. The van der Waals surface area contributed by atoms with Gasteiger partial charge in [-0.2, -0.15) is 0 Å². The largest absolute Gasteiger partial charge is 0.316 e. The second kappa shape index (κ2) is 8.52. The van der Waals surface area contributed by atoms with E-state index < -0.39 is 0 Å². The Balaban J connectivity index is 1.78. The lowest BCUT2D eigenvalue weighted by Gasteiger charge is -2.23. The summed E-state index contributed by atoms with van der Waals surface area (Å²) in [5, 5.41) is 13.3. The van der Waals surface area contributed by atoms with Gasteiger partial charge < -0.3 is 4.57 Å². The average molecular weight is 394 g/mol. The normalized spacial score (nSPS) is 15.6. The van der Waals surface area contributed by atoms with E-state index in [9.17, 15) is 10.1 Å². The van der Waals surface area contributed by atoms with E-state index in [1.54, 1.807) is 23.5 Å². The molecule has 1 fully saturated rings. The van der Waals surface area contributed by atoms with Crippen LogP contribution >= 0.6 is 11.3 Å². The van der Waals surface area contributed by atoms with Crippen LogP contribution < -0.4 is 4.80 Å². The minimum atomic E-state index is -0.337. The third-order valence-electron chi connectivity index (χ3n) is 5.30. The smallest absolute Gasteiger partial charge is 0.270 e. The molecule has 0 aliphatic heterocycles. The molecule has 5 nitrogen and oxygen atoms in total. The van der Waals surface area contributed by atoms with Crippen molar-refractivity contribution in [3.8, 4) is 11.3 Å². The van der Waals surface area contributed by atoms with E-state index in [0.29, 0.717) is 5.92 Å². The standard InChI is InChI=1S/C22H23N3O2S/c26-25(27)20-13-7-10-18(14-20)21-16-28-22(23-19-11-5-2-6-12-19)24(21)15-17-8-3-1-4-9-17/h2,5-7,10-14,16-17H,1,3-4,8-9,15H2. The summed E-state index contributed by atoms with van der Waals surface area (Å²) in [5.41, 5.74) is 2.92. The molecule has 0 saturated heterocycles. The van der Waals surface area contributed by atoms with Gasteiger partial charge in [0, 0.05) is 29.6 Å². The van der Waals surface area contributed by atoms with Crippen LogP contribution in [-0.2, 0) is 6.54 Å². The van der Waals surface area contributed by atoms with Crippen LogP contribution in [0.5, 0.6) is 0 Å². The first kappa shape index (κ1) is 18.6. The summed E-state index contributed by atoms with van der Waals surface area (Å²) < 4.78 is 2.26. The predicted molar refractivity (Wildman–Crippen MR) is 113 cm³/mol. The third-order valence-corrected chi connectivity index (χ3v) is 6.16. The van der Waals surface area contributed by atoms with Crippen molar-refractivity contribution in [3.05, 3.63) is 74.9 Å². The van der Waals surface area contributed by atoms with Gasteiger partial charge in [-0.25, -0.2) is 4.99 Å². The van der Waals surface area contributed by atoms with Crippen LogP contribution in [0.25, 0.3) is 11.3 Å². The van der Waals surface area contributed by atoms with Crippen molar-refractivity contribution in [1.82, 2.24) is 4.57 Å². The topological polar surface area (TPSA) is 60.4 Å². The second-order valence-electron chi connectivity index (χ2n) is 7.27. The molecule has 0 radical (unpaired) electrons. The van der Waals surface area contributed by atoms with Crippen molar-refractivity contribution in [2.75, 3.05) is 0 Å². The maximum absolute atomic E-state index is 11.2. The Labute approximate surface area is 168 Å². The Bertz CT molecular complexity index is 1020. The number of hydrogen-bond donors (Lipinski definition) is 0. The maximum atomic E-state index is 11.2. The molecule has 0 spiro atoms. The van der Waals surface area contributed by atoms with Crippen LogP contribution in [0, 0.1) is 16.0 Å². The van der Waals surface area contributed by atoms with Gasteiger partial charge in [0.25, 0.3) is 5.69 Å². The molecule has 1 aliphatic carbocycles. The van der Waals surface area contributed by atoms with Gasteiger partial charge in [0.2, 0.25) is 0 Å². The molecule has 1 saturated carbocycles. The zero-order chi connectivity index (χ0) is 19.3. The summed E-state index contributed by atoms with van der Waals surface area (Å²) in [6, 6.07) is 16.8. The minimum Gasteiger partial charge on any atom is -0.316 e. The van der Waals surface area contributed by atoms with Gasteiger partial charge in [-0.1, -0.05) is 49.6 Å². The van der Waals surface area contributed by atoms with Gasteiger partial charge in [-0.3, -0.25) is 10.1 Å². The molecule has 2 aromatic carbocycles. The molecule has 0 amide bonds. The molecule has 0 N–H and O–H groups in total. The van der Waals surface area contributed by atoms with Crippen molar-refractivity contribution in [3.63, 3.8) is 0 Å². The zero-order valence-corrected chi connectivity index (χ0v) is 16.5. The number of benzene rings is 2. The fraction of sp³-hybridized carbons (Fsp3) is 0.318. The van der Waals surface area contributed by atoms with Crippen LogP contribution in [0.3, 0.4) is 0 Å². The van der Waals surface area contributed by atoms with Crippen LogP contribution in [0.4, 0.5) is 11.4 Å². The Morgan fingerprint density at radius 2 is 1.86 bits per heavy atom. The van der Waals surface area contributed by atoms with Crippen LogP contribution in [0.2, 0.25) is 0 Å². The van der Waals surface area contributed by atoms with Crippen molar-refractivity contribution in [2.24, 2.45) is 10.9 Å². The number of nitrogens with zero attached hydrogens (tertiary/aromatic N) is 3. The molecule has 4 rings (SSSR count). The van der Waals surface area contributed by atoms with Crippen LogP contribution in [-0.4, -0.2) is 9.49 Å². The molecular formula is C22H23N3O2S. The molecule has 1 heterocycles. The number of non-ortho nitro benzene ring substituents is 1. The number of nitro benzene ring substituents is 1. The van der Waals surface area contributed by atoms with Gasteiger partial charge in [-0.05, 0) is 30.9 Å². The summed E-state index contributed by atoms with van der Waals surface area (Å²) >= 11 is 1.60. The molecule has 144 valence electrons. The molecule has 0 bridgehead atoms. The molecule has 1 aromatic heterocycles. The lowest BCUT2D eigenvalue weighted by molar-refractivity contribution is -0.384. The van der Waals surface area contributed by atoms with Crippen molar-refractivity contribution < 1.29 is 4.92 Å². The van der Waals surface area contributed by atoms with E-state index in [1.165, 1.54) is 38.2 Å². The van der Waals surface area contributed by atoms with E-state index >= 15 is 0 Å². The third kappa shape index (κ3) is 4.22. The number of aromatic nitrogens is 1. The highest BCUT2D eigenvalue weighted by molar-refractivity contribution is 7.07. The van der Waals surface area contributed by atoms with E-state index in [-0.39, 0.29) is 10.6 Å². The molecule has 28 heavy (non-hydrogen) atoms. The lowest BCUT2D eigenvalue weighted by atomic mass is 9.89. The quantitative estimate of drug-likeness (QED) is 0.398. The summed E-state index contributed by atoms with van der Waals surface area (Å²) in [6.45, 7) is 0.910. The molecule has 3 aromatic rings. The molecule has 0 atom stereocenters. The van der Waals surface area contributed by atoms with Gasteiger partial charge in [-0.15, -0.1) is 11.3 Å². The average Bonchev–Trinajstić information content (AvgIpc) is 3.12. The number of nitro groups is 1. The highest BCUT2D eigenvalue weighted by Crippen LogP contribution is 2.29. The van der Waals surface area contributed by atoms with E-state index in [4.69, 9.17) is 4.99 Å². The van der Waals surface area contributed by atoms with Crippen LogP contribution in [0.15, 0.2) is 65.0 Å². The van der Waals surface area contributed by atoms with Gasteiger partial charge in [0.05, 0.1) is 16.3 Å². The molecule has 1 aliphatic rings. The fourth-order valence-electron chi connectivity index (χ4n) is 3.85. The SMILES string of the molecule is O=[N+]([O-])c1cccc(-c2csc(=Nc3ccccc3)n2CC2CCCCC2)c1. The Hall–Kier alpha value is -2.73. The first-order chi connectivity index (χ1) is 13.7. The van der Waals surface area contributed by atoms with Gasteiger partial charge >= 0.3 is 0 Å². The molecular weight excluding hydrogens is 370 g/mol. The number of hydrogen-bond acceptors (Lipinski definition) is 4. The maximum Gasteiger partial charge on any atom is 0.270 e. The monoisotopic (exact) mass is 393 g/mol. The number of thiazole rings is 1. The van der Waals surface area contributed by atoms with Crippen molar-refractivity contribution in [1.29, 1.82) is 0 Å². The summed E-state index contributed by atoms with van der Waals surface area (Å²) in [6.07, 6.45) is 6.37. The predicted octanol–water partition coefficient (Wildman–Crippen LogP) is 5.94. The van der Waals surface area contributed by atoms with Crippen molar-refractivity contribution in [2.45, 2.75) is 38.6 Å². The molecule has 0 unspecified atom stereocenters. The summed E-state index contributed by atoms with van der Waals surface area (Å²) in [5.74, 6) is 0.635. The summed E-state index contributed by atoms with van der Waals surface area (Å²) in [4.78, 5) is 16.7. The van der Waals surface area contributed by atoms with Gasteiger partial charge in [0.1, 0.15) is 0 Å². The van der Waals surface area contributed by atoms with E-state index in [1.807, 2.05) is 36.4 Å². The highest BCUT2D eigenvalue weighted by Gasteiger charge is 2.18. The Kier molecular flexibility index (Phi) is 5.67. The van der Waals surface area contributed by atoms with Gasteiger partial charge in [0.15, 0.2) is 4.80 Å². The first-order valence-corrected chi connectivity index (χ1v) is 10.6. The zero-order valence-electron chi connectivity index (χ0n) is 15.7. The number of rotatable bonds is 5. The van der Waals surface area contributed by atoms with E-state index in [0.717, 1.165) is 28.3 Å². The minimum absolute atomic E-state index is 0.120. The highest BCUT2D eigenvalue weighted by atomic mass is 32.1. The van der Waals surface area contributed by atoms with Crippen molar-refractivity contribution >= 4 is 22.7 Å². The molecule has 6 heteroatoms. The van der Waals surface area contributed by atoms with E-state index in [2.05, 4.69) is 9.95 Å². The Morgan fingerprint density at radius 1 is 1.07 bits per heavy atom. The fourth-order valence-corrected chi connectivity index (χ4v) is 4.78. The first-order valence-electron chi connectivity index (χ1n) is 9.73. The van der Waals surface area contributed by atoms with Crippen LogP contribution in [0.1, 0.15) is 32.1 Å². The summed E-state index contributed by atoms with van der Waals surface area (Å²) in [7, 11) is 0. The lowest BCUT2D eigenvalue weighted by Crippen LogP contribution is -2.22. The number of para-hydroxylation sites is 1. The second-order valence-corrected chi connectivity index (χ2v) is 8.11.